The number of esters is 1. The first kappa shape index (κ1) is 19.4. The topological polar surface area (TPSA) is 96.9 Å². The van der Waals surface area contributed by atoms with Crippen molar-refractivity contribution in [3.05, 3.63) is 63.6 Å². The van der Waals surface area contributed by atoms with Gasteiger partial charge in [0.2, 0.25) is 0 Å². The molecule has 134 valence electrons. The van der Waals surface area contributed by atoms with Crippen LogP contribution in [0.2, 0.25) is 10.0 Å². The number of amides is 2. The van der Waals surface area contributed by atoms with Crippen LogP contribution < -0.4 is 10.7 Å². The van der Waals surface area contributed by atoms with Crippen molar-refractivity contribution < 1.29 is 19.1 Å². The fourth-order valence-corrected chi connectivity index (χ4v) is 2.18. The highest BCUT2D eigenvalue weighted by Gasteiger charge is 2.13. The number of anilines is 1. The molecule has 0 unspecified atom stereocenters. The van der Waals surface area contributed by atoms with Crippen LogP contribution in [0.3, 0.4) is 0 Å². The number of carbonyl (C=O) groups excluding carboxylic acids is 3. The molecule has 0 aromatic heterocycles. The highest BCUT2D eigenvalue weighted by Crippen LogP contribution is 2.24. The molecule has 0 bridgehead atoms. The average Bonchev–Trinajstić information content (AvgIpc) is 2.65. The lowest BCUT2D eigenvalue weighted by molar-refractivity contribution is -0.136. The fourth-order valence-electron chi connectivity index (χ4n) is 1.83. The highest BCUT2D eigenvalue weighted by atomic mass is 35.5. The minimum atomic E-state index is -0.976. The standard InChI is InChI=1S/C17H13Cl2N3O4/c1-26-17(25)10-5-7-12(8-6-10)21-15(23)16(24)22-20-9-11-3-2-4-13(18)14(11)19/h2-9H,1H3,(H,21,23)(H,22,24)/b20-9-. The summed E-state index contributed by atoms with van der Waals surface area (Å²) in [7, 11) is 1.26. The Bertz CT molecular complexity index is 867. The van der Waals surface area contributed by atoms with Gasteiger partial charge < -0.3 is 10.1 Å². The van der Waals surface area contributed by atoms with E-state index in [1.807, 2.05) is 0 Å². The quantitative estimate of drug-likeness (QED) is 0.361. The van der Waals surface area contributed by atoms with Gasteiger partial charge in [-0.1, -0.05) is 35.3 Å². The van der Waals surface area contributed by atoms with Crippen molar-refractivity contribution in [2.45, 2.75) is 0 Å². The predicted molar refractivity (Wildman–Crippen MR) is 98.6 cm³/mol. The number of benzene rings is 2. The van der Waals surface area contributed by atoms with Crippen LogP contribution in [0.4, 0.5) is 5.69 Å². The molecule has 0 atom stereocenters. The fraction of sp³-hybridized carbons (Fsp3) is 0.0588. The first-order chi connectivity index (χ1) is 12.4. The Morgan fingerprint density at radius 3 is 2.38 bits per heavy atom. The summed E-state index contributed by atoms with van der Waals surface area (Å²) >= 11 is 11.8. The molecule has 0 radical (unpaired) electrons. The van der Waals surface area contributed by atoms with Gasteiger partial charge in [0.15, 0.2) is 0 Å². The van der Waals surface area contributed by atoms with E-state index in [-0.39, 0.29) is 5.02 Å². The Labute approximate surface area is 158 Å². The number of nitrogens with one attached hydrogen (secondary N) is 2. The van der Waals surface area contributed by atoms with Gasteiger partial charge in [0.25, 0.3) is 0 Å². The van der Waals surface area contributed by atoms with Gasteiger partial charge in [-0.25, -0.2) is 10.2 Å². The minimum absolute atomic E-state index is 0.280. The molecule has 0 aliphatic carbocycles. The third-order valence-electron chi connectivity index (χ3n) is 3.12. The summed E-state index contributed by atoms with van der Waals surface area (Å²) in [6, 6.07) is 10.8. The Morgan fingerprint density at radius 1 is 1.04 bits per heavy atom. The maximum Gasteiger partial charge on any atom is 0.337 e. The predicted octanol–water partition coefficient (Wildman–Crippen LogP) is 2.87. The molecule has 0 saturated carbocycles. The number of hydrogen-bond acceptors (Lipinski definition) is 5. The van der Waals surface area contributed by atoms with Crippen LogP contribution in [-0.4, -0.2) is 31.1 Å². The van der Waals surface area contributed by atoms with Crippen molar-refractivity contribution in [3.63, 3.8) is 0 Å². The molecule has 0 saturated heterocycles. The van der Waals surface area contributed by atoms with Crippen molar-refractivity contribution in [1.29, 1.82) is 0 Å². The molecule has 7 nitrogen and oxygen atoms in total. The average molecular weight is 394 g/mol. The van der Waals surface area contributed by atoms with Crippen LogP contribution in [0, 0.1) is 0 Å². The molecule has 26 heavy (non-hydrogen) atoms. The normalized spacial score (nSPS) is 10.4. The van der Waals surface area contributed by atoms with Gasteiger partial charge in [0, 0.05) is 11.3 Å². The zero-order chi connectivity index (χ0) is 19.1. The van der Waals surface area contributed by atoms with Gasteiger partial charge in [-0.05, 0) is 30.3 Å². The Balaban J connectivity index is 1.93. The monoisotopic (exact) mass is 393 g/mol. The number of hydrazone groups is 1. The summed E-state index contributed by atoms with van der Waals surface area (Å²) in [6.07, 6.45) is 1.27. The SMILES string of the molecule is COC(=O)c1ccc(NC(=O)C(=O)N/N=C\c2cccc(Cl)c2Cl)cc1. The van der Waals surface area contributed by atoms with E-state index in [2.05, 4.69) is 20.6 Å². The first-order valence-electron chi connectivity index (χ1n) is 7.19. The molecule has 2 aromatic rings. The summed E-state index contributed by atoms with van der Waals surface area (Å²) in [6.45, 7) is 0. The van der Waals surface area contributed by atoms with Crippen LogP contribution in [0.1, 0.15) is 15.9 Å². The highest BCUT2D eigenvalue weighted by molar-refractivity contribution is 6.43. The summed E-state index contributed by atoms with van der Waals surface area (Å²) in [5.74, 6) is -2.41. The second kappa shape index (κ2) is 8.98. The molecule has 0 aliphatic rings. The van der Waals surface area contributed by atoms with Crippen LogP contribution in [0.15, 0.2) is 47.6 Å². The maximum absolute atomic E-state index is 11.8. The largest absolute Gasteiger partial charge is 0.465 e. The number of rotatable bonds is 4. The maximum atomic E-state index is 11.8. The molecular weight excluding hydrogens is 381 g/mol. The zero-order valence-corrected chi connectivity index (χ0v) is 15.0. The third-order valence-corrected chi connectivity index (χ3v) is 3.95. The lowest BCUT2D eigenvalue weighted by Gasteiger charge is -2.05. The van der Waals surface area contributed by atoms with E-state index in [4.69, 9.17) is 23.2 Å². The number of nitrogens with zero attached hydrogens (tertiary/aromatic N) is 1. The Kier molecular flexibility index (Phi) is 6.71. The number of ether oxygens (including phenoxy) is 1. The Morgan fingerprint density at radius 2 is 1.73 bits per heavy atom. The van der Waals surface area contributed by atoms with Crippen molar-refractivity contribution in [3.8, 4) is 0 Å². The Hall–Kier alpha value is -2.90. The number of methoxy groups -OCH3 is 1. The lowest BCUT2D eigenvalue weighted by Crippen LogP contribution is -2.32. The van der Waals surface area contributed by atoms with E-state index < -0.39 is 17.8 Å². The molecule has 0 aliphatic heterocycles. The van der Waals surface area contributed by atoms with Crippen LogP contribution in [-0.2, 0) is 14.3 Å². The molecule has 2 rings (SSSR count). The minimum Gasteiger partial charge on any atom is -0.465 e. The molecule has 0 heterocycles. The summed E-state index contributed by atoms with van der Waals surface area (Å²) in [5.41, 5.74) is 3.21. The summed E-state index contributed by atoms with van der Waals surface area (Å²) in [5, 5.41) is 6.66. The number of halogens is 2. The summed E-state index contributed by atoms with van der Waals surface area (Å²) < 4.78 is 4.57. The smallest absolute Gasteiger partial charge is 0.337 e. The van der Waals surface area contributed by atoms with Crippen molar-refractivity contribution in [2.24, 2.45) is 5.10 Å². The first-order valence-corrected chi connectivity index (χ1v) is 7.94. The number of carbonyl (C=O) groups is 3. The molecule has 2 amide bonds. The van der Waals surface area contributed by atoms with Gasteiger partial charge in [-0.2, -0.15) is 5.10 Å². The van der Waals surface area contributed by atoms with Crippen molar-refractivity contribution in [2.75, 3.05) is 12.4 Å². The molecule has 0 spiro atoms. The summed E-state index contributed by atoms with van der Waals surface area (Å²) in [4.78, 5) is 34.9. The van der Waals surface area contributed by atoms with E-state index in [1.54, 1.807) is 18.2 Å². The molecule has 2 aromatic carbocycles. The van der Waals surface area contributed by atoms with Gasteiger partial charge in [-0.15, -0.1) is 0 Å². The van der Waals surface area contributed by atoms with E-state index >= 15 is 0 Å². The van der Waals surface area contributed by atoms with E-state index in [0.717, 1.165) is 0 Å². The van der Waals surface area contributed by atoms with E-state index in [0.29, 0.717) is 21.8 Å². The molecule has 0 fully saturated rings. The van der Waals surface area contributed by atoms with Crippen LogP contribution in [0.25, 0.3) is 0 Å². The van der Waals surface area contributed by atoms with Crippen molar-refractivity contribution >= 4 is 52.9 Å². The second-order valence-electron chi connectivity index (χ2n) is 4.87. The van der Waals surface area contributed by atoms with Crippen molar-refractivity contribution in [1.82, 2.24) is 5.43 Å². The number of hydrogen-bond donors (Lipinski definition) is 2. The van der Waals surface area contributed by atoms with Gasteiger partial charge in [-0.3, -0.25) is 9.59 Å². The van der Waals surface area contributed by atoms with Crippen LogP contribution in [0.5, 0.6) is 0 Å². The van der Waals surface area contributed by atoms with Gasteiger partial charge in [0.05, 0.1) is 28.9 Å². The van der Waals surface area contributed by atoms with Gasteiger partial charge in [0.1, 0.15) is 0 Å². The van der Waals surface area contributed by atoms with Crippen LogP contribution >= 0.6 is 23.2 Å². The third kappa shape index (κ3) is 5.05. The zero-order valence-electron chi connectivity index (χ0n) is 13.5. The molecular formula is C17H13Cl2N3O4. The van der Waals surface area contributed by atoms with Gasteiger partial charge >= 0.3 is 17.8 Å². The molecule has 2 N–H and O–H groups in total. The van der Waals surface area contributed by atoms with E-state index in [9.17, 15) is 14.4 Å². The van der Waals surface area contributed by atoms with E-state index in [1.165, 1.54) is 37.6 Å². The second-order valence-corrected chi connectivity index (χ2v) is 5.65. The lowest BCUT2D eigenvalue weighted by atomic mass is 10.2. The molecule has 9 heteroatoms.